The van der Waals surface area contributed by atoms with E-state index in [-0.39, 0.29) is 0 Å². The first kappa shape index (κ1) is 12.4. The van der Waals surface area contributed by atoms with E-state index < -0.39 is 5.60 Å². The third-order valence-electron chi connectivity index (χ3n) is 3.34. The minimum Gasteiger partial charge on any atom is -0.493 e. The Labute approximate surface area is 102 Å². The summed E-state index contributed by atoms with van der Waals surface area (Å²) in [5, 5.41) is 15.1. The maximum atomic E-state index is 10.8. The van der Waals surface area contributed by atoms with Crippen LogP contribution in [0.15, 0.2) is 6.20 Å². The molecule has 5 nitrogen and oxygen atoms in total. The topological polar surface area (TPSA) is 50.5 Å². The highest BCUT2D eigenvalue weighted by molar-refractivity contribution is 5.32. The molecule has 0 amide bonds. The number of aromatic nitrogens is 2. The van der Waals surface area contributed by atoms with Crippen LogP contribution in [-0.2, 0) is 12.1 Å². The van der Waals surface area contributed by atoms with Gasteiger partial charge in [0, 0.05) is 19.6 Å². The van der Waals surface area contributed by atoms with Gasteiger partial charge in [-0.15, -0.1) is 0 Å². The zero-order valence-electron chi connectivity index (χ0n) is 10.8. The summed E-state index contributed by atoms with van der Waals surface area (Å²) in [5.74, 6) is 0.691. The van der Waals surface area contributed by atoms with Gasteiger partial charge in [0.1, 0.15) is 11.3 Å². The average Bonchev–Trinajstić information content (AvgIpc) is 2.84. The summed E-state index contributed by atoms with van der Waals surface area (Å²) in [7, 11) is 3.64. The number of ether oxygens (including phenoxy) is 1. The molecule has 96 valence electrons. The molecule has 1 N–H and O–H groups in total. The smallest absolute Gasteiger partial charge is 0.162 e. The van der Waals surface area contributed by atoms with E-state index in [1.165, 1.54) is 0 Å². The highest BCUT2D eigenvalue weighted by Crippen LogP contribution is 2.36. The molecule has 5 heteroatoms. The zero-order valence-corrected chi connectivity index (χ0v) is 10.8. The number of aryl methyl sites for hydroxylation is 1. The zero-order chi connectivity index (χ0) is 12.5. The van der Waals surface area contributed by atoms with Crippen molar-refractivity contribution in [3.63, 3.8) is 0 Å². The molecular formula is C12H21N3O2. The van der Waals surface area contributed by atoms with Crippen LogP contribution >= 0.6 is 0 Å². The summed E-state index contributed by atoms with van der Waals surface area (Å²) in [5.41, 5.74) is -0.00243. The second kappa shape index (κ2) is 4.66. The number of β-amino-alcohol motifs (C(OH)–C–C–N with tert-alkyl or cyclic N) is 1. The van der Waals surface area contributed by atoms with Gasteiger partial charge in [-0.25, -0.2) is 0 Å². The highest BCUT2D eigenvalue weighted by Gasteiger charge is 2.41. The summed E-state index contributed by atoms with van der Waals surface area (Å²) in [6.07, 6.45) is 3.42. The van der Waals surface area contributed by atoms with E-state index in [1.807, 2.05) is 11.7 Å². The van der Waals surface area contributed by atoms with Crippen LogP contribution in [0.4, 0.5) is 0 Å². The molecule has 0 saturated carbocycles. The molecule has 1 aliphatic rings. The van der Waals surface area contributed by atoms with E-state index in [1.54, 1.807) is 13.3 Å². The Morgan fingerprint density at radius 3 is 2.88 bits per heavy atom. The molecule has 1 saturated heterocycles. The van der Waals surface area contributed by atoms with Crippen LogP contribution in [0.2, 0.25) is 0 Å². The average molecular weight is 239 g/mol. The number of nitrogens with zero attached hydrogens (tertiary/aromatic N) is 3. The molecule has 0 bridgehead atoms. The van der Waals surface area contributed by atoms with E-state index in [2.05, 4.69) is 16.9 Å². The van der Waals surface area contributed by atoms with Gasteiger partial charge in [0.2, 0.25) is 0 Å². The van der Waals surface area contributed by atoms with Gasteiger partial charge in [-0.1, -0.05) is 6.92 Å². The normalized spacial score (nSPS) is 25.4. The second-order valence-corrected chi connectivity index (χ2v) is 4.80. The van der Waals surface area contributed by atoms with Gasteiger partial charge in [0.05, 0.1) is 13.3 Å². The van der Waals surface area contributed by atoms with Crippen LogP contribution in [0, 0.1) is 0 Å². The van der Waals surface area contributed by atoms with E-state index in [4.69, 9.17) is 4.74 Å². The lowest BCUT2D eigenvalue weighted by molar-refractivity contribution is 0.0369. The Balaban J connectivity index is 2.38. The van der Waals surface area contributed by atoms with Crippen molar-refractivity contribution in [3.8, 4) is 5.75 Å². The van der Waals surface area contributed by atoms with Gasteiger partial charge in [-0.3, -0.25) is 4.68 Å². The highest BCUT2D eigenvalue weighted by atomic mass is 16.5. The van der Waals surface area contributed by atoms with Crippen LogP contribution in [0.1, 0.15) is 25.5 Å². The van der Waals surface area contributed by atoms with Crippen LogP contribution in [0.3, 0.4) is 0 Å². The Kier molecular flexibility index (Phi) is 3.40. The minimum absolute atomic E-state index is 0.638. The lowest BCUT2D eigenvalue weighted by Gasteiger charge is -2.24. The predicted molar refractivity (Wildman–Crippen MR) is 65.1 cm³/mol. The largest absolute Gasteiger partial charge is 0.493 e. The lowest BCUT2D eigenvalue weighted by atomic mass is 9.98. The van der Waals surface area contributed by atoms with Gasteiger partial charge in [-0.05, 0) is 19.9 Å². The Morgan fingerprint density at radius 2 is 2.35 bits per heavy atom. The lowest BCUT2D eigenvalue weighted by Crippen LogP contribution is -2.32. The Hall–Kier alpha value is -1.07. The minimum atomic E-state index is -0.828. The number of hydrogen-bond donors (Lipinski definition) is 1. The number of likely N-dealkylation sites (tertiary alicyclic amines) is 1. The van der Waals surface area contributed by atoms with Gasteiger partial charge in [-0.2, -0.15) is 5.10 Å². The molecule has 17 heavy (non-hydrogen) atoms. The van der Waals surface area contributed by atoms with E-state index >= 15 is 0 Å². The fraction of sp³-hybridized carbons (Fsp3) is 0.750. The number of rotatable bonds is 4. The summed E-state index contributed by atoms with van der Waals surface area (Å²) < 4.78 is 7.20. The third kappa shape index (κ3) is 2.17. The number of aliphatic hydroxyl groups is 1. The van der Waals surface area contributed by atoms with Gasteiger partial charge in [0.15, 0.2) is 5.75 Å². The quantitative estimate of drug-likeness (QED) is 0.845. The van der Waals surface area contributed by atoms with Crippen molar-refractivity contribution in [2.75, 3.05) is 27.2 Å². The van der Waals surface area contributed by atoms with Crippen LogP contribution < -0.4 is 4.74 Å². The first-order valence-electron chi connectivity index (χ1n) is 6.12. The molecule has 0 radical (unpaired) electrons. The summed E-state index contributed by atoms with van der Waals surface area (Å²) in [6.45, 7) is 4.45. The fourth-order valence-electron chi connectivity index (χ4n) is 2.54. The van der Waals surface area contributed by atoms with Crippen LogP contribution in [0.25, 0.3) is 0 Å². The summed E-state index contributed by atoms with van der Waals surface area (Å²) in [4.78, 5) is 2.13. The van der Waals surface area contributed by atoms with Crippen molar-refractivity contribution in [2.45, 2.75) is 31.9 Å². The SMILES string of the molecule is CCCn1ncc(OC)c1C1(O)CCN(C)C1. The number of methoxy groups -OCH3 is 1. The van der Waals surface area contributed by atoms with E-state index in [0.29, 0.717) is 12.3 Å². The molecule has 1 fully saturated rings. The molecule has 1 unspecified atom stereocenters. The molecular weight excluding hydrogens is 218 g/mol. The first-order chi connectivity index (χ1) is 8.10. The summed E-state index contributed by atoms with van der Waals surface area (Å²) >= 11 is 0. The molecule has 2 rings (SSSR count). The predicted octanol–water partition coefficient (Wildman–Crippen LogP) is 0.825. The monoisotopic (exact) mass is 239 g/mol. The third-order valence-corrected chi connectivity index (χ3v) is 3.34. The van der Waals surface area contributed by atoms with Crippen molar-refractivity contribution in [1.29, 1.82) is 0 Å². The first-order valence-corrected chi connectivity index (χ1v) is 6.12. The van der Waals surface area contributed by atoms with Crippen molar-refractivity contribution < 1.29 is 9.84 Å². The van der Waals surface area contributed by atoms with Gasteiger partial charge in [0.25, 0.3) is 0 Å². The van der Waals surface area contributed by atoms with E-state index in [9.17, 15) is 5.11 Å². The van der Waals surface area contributed by atoms with Gasteiger partial charge < -0.3 is 14.7 Å². The molecule has 1 aromatic rings. The van der Waals surface area contributed by atoms with Crippen LogP contribution in [-0.4, -0.2) is 47.0 Å². The molecule has 0 aromatic carbocycles. The van der Waals surface area contributed by atoms with Gasteiger partial charge >= 0.3 is 0 Å². The maximum Gasteiger partial charge on any atom is 0.162 e. The fourth-order valence-corrected chi connectivity index (χ4v) is 2.54. The van der Waals surface area contributed by atoms with Crippen molar-refractivity contribution in [1.82, 2.24) is 14.7 Å². The molecule has 0 aliphatic carbocycles. The van der Waals surface area contributed by atoms with Crippen molar-refractivity contribution in [2.24, 2.45) is 0 Å². The molecule has 1 aromatic heterocycles. The maximum absolute atomic E-state index is 10.8. The molecule has 2 heterocycles. The molecule has 1 aliphatic heterocycles. The summed E-state index contributed by atoms with van der Waals surface area (Å²) in [6, 6.07) is 0. The molecule has 0 spiro atoms. The van der Waals surface area contributed by atoms with E-state index in [0.717, 1.165) is 31.6 Å². The standard InChI is InChI=1S/C12H21N3O2/c1-4-6-15-11(10(17-3)8-13-15)12(16)5-7-14(2)9-12/h8,16H,4-7,9H2,1-3H3. The Bertz CT molecular complexity index is 391. The number of likely N-dealkylation sites (N-methyl/N-ethyl adjacent to an activating group) is 1. The Morgan fingerprint density at radius 1 is 1.59 bits per heavy atom. The van der Waals surface area contributed by atoms with Crippen molar-refractivity contribution >= 4 is 0 Å². The number of hydrogen-bond acceptors (Lipinski definition) is 4. The van der Waals surface area contributed by atoms with Crippen LogP contribution in [0.5, 0.6) is 5.75 Å². The van der Waals surface area contributed by atoms with Crippen molar-refractivity contribution in [3.05, 3.63) is 11.9 Å². The second-order valence-electron chi connectivity index (χ2n) is 4.80. The molecule has 1 atom stereocenters.